The van der Waals surface area contributed by atoms with E-state index in [0.717, 1.165) is 6.26 Å². The highest BCUT2D eigenvalue weighted by Crippen LogP contribution is 2.30. The van der Waals surface area contributed by atoms with Crippen LogP contribution in [-0.4, -0.2) is 78.1 Å². The Hall–Kier alpha value is -2.56. The first-order valence-corrected chi connectivity index (χ1v) is 16.9. The average Bonchev–Trinajstić information content (AvgIpc) is 2.87. The third-order valence-corrected chi connectivity index (χ3v) is 10.3. The van der Waals surface area contributed by atoms with Gasteiger partial charge in [0.2, 0.25) is 12.2 Å². The Kier molecular flexibility index (Phi) is 14.2. The van der Waals surface area contributed by atoms with Crippen molar-refractivity contribution >= 4 is 49.1 Å². The zero-order valence-electron chi connectivity index (χ0n) is 22.8. The summed E-state index contributed by atoms with van der Waals surface area (Å²) >= 11 is 0. The highest BCUT2D eigenvalue weighted by Gasteiger charge is 2.47. The number of carbonyl (C=O) groups is 3. The molecule has 0 aromatic heterocycles. The summed E-state index contributed by atoms with van der Waals surface area (Å²) in [4.78, 5) is 37.2. The highest BCUT2D eigenvalue weighted by atomic mass is 32.2. The molecule has 0 fully saturated rings. The molecule has 1 aromatic carbocycles. The van der Waals surface area contributed by atoms with Crippen molar-refractivity contribution in [3.05, 3.63) is 35.9 Å². The SMILES string of the molecule is CCC(=O)OC(OC(=O)CNC(=O)C(Cc1ccccc1)CC(C(N)CCS(C)(=O)=O)([SH](=O)=O)[SH](=O)=O)C(C)C. The Balaban J connectivity index is 3.25. The number of benzene rings is 1. The van der Waals surface area contributed by atoms with Gasteiger partial charge in [-0.3, -0.25) is 14.4 Å². The minimum atomic E-state index is -3.79. The first kappa shape index (κ1) is 35.5. The van der Waals surface area contributed by atoms with Crippen LogP contribution < -0.4 is 11.1 Å². The van der Waals surface area contributed by atoms with Gasteiger partial charge in [-0.25, -0.2) is 25.3 Å². The second-order valence-electron chi connectivity index (χ2n) is 9.67. The van der Waals surface area contributed by atoms with Crippen LogP contribution in [0.2, 0.25) is 0 Å². The lowest BCUT2D eigenvalue weighted by atomic mass is 9.91. The molecular weight excluding hydrogens is 588 g/mol. The summed E-state index contributed by atoms with van der Waals surface area (Å²) in [5.74, 6) is -4.67. The normalized spacial score (nSPS) is 14.5. The van der Waals surface area contributed by atoms with Gasteiger partial charge >= 0.3 is 11.9 Å². The van der Waals surface area contributed by atoms with E-state index in [1.807, 2.05) is 0 Å². The predicted octanol–water partition coefficient (Wildman–Crippen LogP) is -0.489. The van der Waals surface area contributed by atoms with Gasteiger partial charge in [-0.15, -0.1) is 0 Å². The first-order valence-electron chi connectivity index (χ1n) is 12.5. The van der Waals surface area contributed by atoms with E-state index in [4.69, 9.17) is 15.2 Å². The molecule has 1 amide bonds. The number of rotatable bonds is 17. The van der Waals surface area contributed by atoms with Crippen LogP contribution in [0.25, 0.3) is 0 Å². The quantitative estimate of drug-likeness (QED) is 0.0981. The van der Waals surface area contributed by atoms with Crippen molar-refractivity contribution in [1.82, 2.24) is 5.32 Å². The van der Waals surface area contributed by atoms with E-state index in [2.05, 4.69) is 5.32 Å². The smallest absolute Gasteiger partial charge is 0.328 e. The molecule has 0 heterocycles. The zero-order chi connectivity index (χ0) is 30.7. The number of nitrogens with one attached hydrogen (secondary N) is 1. The molecule has 13 nitrogen and oxygen atoms in total. The van der Waals surface area contributed by atoms with Crippen LogP contribution in [0.5, 0.6) is 0 Å². The Morgan fingerprint density at radius 3 is 2.02 bits per heavy atom. The van der Waals surface area contributed by atoms with Crippen LogP contribution in [0.3, 0.4) is 0 Å². The summed E-state index contributed by atoms with van der Waals surface area (Å²) in [5.41, 5.74) is 6.55. The maximum Gasteiger partial charge on any atom is 0.328 e. The van der Waals surface area contributed by atoms with E-state index >= 15 is 0 Å². The standard InChI is InChI=1S/C24H38N2O11S3/c1-5-20(27)36-23(16(2)3)37-21(28)15-26-22(29)18(13-17-9-7-6-8-10-17)14-24(38(30)31,39(32)33)19(25)11-12-40(4,34)35/h6-10,16,18-19,23,38-39H,5,11-15,25H2,1-4H3,(H,26,29). The largest absolute Gasteiger partial charge is 0.425 e. The van der Waals surface area contributed by atoms with Crippen molar-refractivity contribution in [2.45, 2.75) is 62.9 Å². The Bertz CT molecular complexity index is 1240. The molecular formula is C24H38N2O11S3. The summed E-state index contributed by atoms with van der Waals surface area (Å²) in [7, 11) is -11.2. The molecule has 0 saturated heterocycles. The molecule has 0 bridgehead atoms. The lowest BCUT2D eigenvalue weighted by Crippen LogP contribution is -2.54. The molecule has 3 N–H and O–H groups in total. The predicted molar refractivity (Wildman–Crippen MR) is 148 cm³/mol. The number of nitrogens with two attached hydrogens (primary N) is 1. The van der Waals surface area contributed by atoms with Gasteiger partial charge < -0.3 is 20.5 Å². The number of ether oxygens (including phenoxy) is 2. The summed E-state index contributed by atoms with van der Waals surface area (Å²) < 4.78 is 80.3. The van der Waals surface area contributed by atoms with Crippen molar-refractivity contribution in [3.63, 3.8) is 0 Å². The highest BCUT2D eigenvalue weighted by molar-refractivity contribution is 7.93. The third kappa shape index (κ3) is 11.1. The second-order valence-corrected chi connectivity index (χ2v) is 14.9. The van der Waals surface area contributed by atoms with Gasteiger partial charge in [0.15, 0.2) is 25.5 Å². The molecule has 3 unspecified atom stereocenters. The van der Waals surface area contributed by atoms with Crippen LogP contribution in [0.1, 0.15) is 45.6 Å². The maximum atomic E-state index is 13.2. The summed E-state index contributed by atoms with van der Waals surface area (Å²) in [6.45, 7) is 4.18. The zero-order valence-corrected chi connectivity index (χ0v) is 25.4. The number of esters is 2. The van der Waals surface area contributed by atoms with E-state index in [1.54, 1.807) is 51.1 Å². The number of hydrogen-bond donors (Lipinski definition) is 4. The van der Waals surface area contributed by atoms with Crippen LogP contribution in [-0.2, 0) is 61.5 Å². The molecule has 3 atom stereocenters. The van der Waals surface area contributed by atoms with Crippen molar-refractivity contribution in [2.75, 3.05) is 18.6 Å². The molecule has 0 radical (unpaired) electrons. The van der Waals surface area contributed by atoms with Gasteiger partial charge in [0.05, 0.1) is 5.75 Å². The van der Waals surface area contributed by atoms with E-state index in [9.17, 15) is 39.6 Å². The molecule has 0 aliphatic heterocycles. The van der Waals surface area contributed by atoms with E-state index < -0.39 is 102 Å². The topological polar surface area (TPSA) is 210 Å². The minimum absolute atomic E-state index is 0.0523. The van der Waals surface area contributed by atoms with Gasteiger partial charge in [-0.1, -0.05) is 51.1 Å². The molecule has 16 heteroatoms. The fourth-order valence-corrected chi connectivity index (χ4v) is 6.47. The number of hydrogen-bond acceptors (Lipinski definition) is 12. The van der Waals surface area contributed by atoms with Crippen molar-refractivity contribution in [1.29, 1.82) is 0 Å². The fourth-order valence-electron chi connectivity index (χ4n) is 3.71. The van der Waals surface area contributed by atoms with E-state index in [-0.39, 0.29) is 12.8 Å². The Morgan fingerprint density at radius 2 is 1.55 bits per heavy atom. The fraction of sp³-hybridized carbons (Fsp3) is 0.625. The molecule has 228 valence electrons. The summed E-state index contributed by atoms with van der Waals surface area (Å²) in [6, 6.07) is 6.67. The van der Waals surface area contributed by atoms with E-state index in [0.29, 0.717) is 5.56 Å². The molecule has 0 spiro atoms. The van der Waals surface area contributed by atoms with Gasteiger partial charge in [-0.05, 0) is 24.8 Å². The van der Waals surface area contributed by atoms with Crippen molar-refractivity contribution in [3.8, 4) is 0 Å². The number of amides is 1. The number of thiol groups is 2. The van der Waals surface area contributed by atoms with Gasteiger partial charge in [0.1, 0.15) is 16.4 Å². The lowest BCUT2D eigenvalue weighted by molar-refractivity contribution is -0.195. The second kappa shape index (κ2) is 16.0. The monoisotopic (exact) mass is 626 g/mol. The van der Waals surface area contributed by atoms with Gasteiger partial charge in [-0.2, -0.15) is 0 Å². The maximum absolute atomic E-state index is 13.2. The molecule has 0 aliphatic carbocycles. The molecule has 40 heavy (non-hydrogen) atoms. The molecule has 1 rings (SSSR count). The van der Waals surface area contributed by atoms with Crippen LogP contribution in [0.15, 0.2) is 30.3 Å². The van der Waals surface area contributed by atoms with Crippen LogP contribution in [0, 0.1) is 11.8 Å². The number of carbonyl (C=O) groups excluding carboxylic acids is 3. The average molecular weight is 627 g/mol. The summed E-state index contributed by atoms with van der Waals surface area (Å²) in [5, 5.41) is 2.33. The Labute approximate surface area is 238 Å². The van der Waals surface area contributed by atoms with Crippen molar-refractivity contribution in [2.24, 2.45) is 17.6 Å². The number of sulfone groups is 1. The minimum Gasteiger partial charge on any atom is -0.425 e. The van der Waals surface area contributed by atoms with Gasteiger partial charge in [0, 0.05) is 30.6 Å². The van der Waals surface area contributed by atoms with Crippen LogP contribution in [0.4, 0.5) is 0 Å². The van der Waals surface area contributed by atoms with Crippen LogP contribution >= 0.6 is 0 Å². The van der Waals surface area contributed by atoms with Crippen molar-refractivity contribution < 1.29 is 49.1 Å². The third-order valence-electron chi connectivity index (χ3n) is 6.00. The first-order chi connectivity index (χ1) is 18.5. The summed E-state index contributed by atoms with van der Waals surface area (Å²) in [6.07, 6.45) is -1.63. The molecule has 0 aliphatic rings. The lowest BCUT2D eigenvalue weighted by Gasteiger charge is -2.31. The molecule has 0 saturated carbocycles. The van der Waals surface area contributed by atoms with E-state index in [1.165, 1.54) is 0 Å². The molecule has 1 aromatic rings. The Morgan fingerprint density at radius 1 is 1.00 bits per heavy atom. The van der Waals surface area contributed by atoms with Gasteiger partial charge in [0.25, 0.3) is 0 Å².